The number of carbonyl (C=O) groups is 3. The van der Waals surface area contributed by atoms with E-state index in [2.05, 4.69) is 0 Å². The zero-order chi connectivity index (χ0) is 19.8. The van der Waals surface area contributed by atoms with Crippen molar-refractivity contribution < 1.29 is 19.1 Å². The molecule has 1 heterocycles. The van der Waals surface area contributed by atoms with Gasteiger partial charge in [-0.05, 0) is 37.1 Å². The highest BCUT2D eigenvalue weighted by atomic mass is 32.2. The van der Waals surface area contributed by atoms with Crippen molar-refractivity contribution in [1.82, 2.24) is 4.90 Å². The average molecular weight is 389 g/mol. The van der Waals surface area contributed by atoms with Gasteiger partial charge in [0.15, 0.2) is 6.61 Å². The molecule has 27 heavy (non-hydrogen) atoms. The Bertz CT molecular complexity index is 740. The average Bonchev–Trinajstić information content (AvgIpc) is 3.02. The number of amides is 2. The molecule has 7 nitrogen and oxygen atoms in total. The van der Waals surface area contributed by atoms with Crippen molar-refractivity contribution in [2.75, 3.05) is 36.9 Å². The molecule has 1 aromatic carbocycles. The van der Waals surface area contributed by atoms with Crippen LogP contribution in [0.2, 0.25) is 0 Å². The van der Waals surface area contributed by atoms with Gasteiger partial charge >= 0.3 is 5.97 Å². The summed E-state index contributed by atoms with van der Waals surface area (Å²) in [4.78, 5) is 39.0. The first-order chi connectivity index (χ1) is 12.9. The summed E-state index contributed by atoms with van der Waals surface area (Å²) in [5.41, 5.74) is 2.69. The van der Waals surface area contributed by atoms with Crippen LogP contribution < -0.4 is 4.90 Å². The first-order valence-electron chi connectivity index (χ1n) is 8.73. The van der Waals surface area contributed by atoms with Gasteiger partial charge in [-0.2, -0.15) is 5.26 Å². The lowest BCUT2D eigenvalue weighted by molar-refractivity contribution is -0.148. The van der Waals surface area contributed by atoms with Crippen LogP contribution in [0.25, 0.3) is 0 Å². The maximum atomic E-state index is 12.6. The standard InChI is InChI=1S/C19H23N3O4S/c1-14-10-15(2)12-16(11-14)22(6-3-5-20)17(23)13-26-18(24)4-7-21-8-9-27-19(21)25/h10-12H,3-4,6-9,13H2,1-2H3. The molecule has 1 saturated heterocycles. The summed E-state index contributed by atoms with van der Waals surface area (Å²) < 4.78 is 5.08. The van der Waals surface area contributed by atoms with Crippen LogP contribution >= 0.6 is 11.8 Å². The molecule has 1 fully saturated rings. The Morgan fingerprint density at radius 3 is 2.59 bits per heavy atom. The fourth-order valence-corrected chi connectivity index (χ4v) is 3.66. The highest BCUT2D eigenvalue weighted by molar-refractivity contribution is 8.13. The number of anilines is 1. The summed E-state index contributed by atoms with van der Waals surface area (Å²) >= 11 is 1.23. The summed E-state index contributed by atoms with van der Waals surface area (Å²) in [6.07, 6.45) is 0.239. The molecule has 144 valence electrons. The SMILES string of the molecule is Cc1cc(C)cc(N(CCC#N)C(=O)COC(=O)CCN2CCSC2=O)c1. The lowest BCUT2D eigenvalue weighted by Crippen LogP contribution is -2.36. The highest BCUT2D eigenvalue weighted by Crippen LogP contribution is 2.20. The van der Waals surface area contributed by atoms with Gasteiger partial charge in [-0.25, -0.2) is 0 Å². The van der Waals surface area contributed by atoms with Crippen molar-refractivity contribution >= 4 is 34.6 Å². The molecule has 0 N–H and O–H groups in total. The van der Waals surface area contributed by atoms with E-state index in [4.69, 9.17) is 10.00 Å². The first-order valence-corrected chi connectivity index (χ1v) is 9.72. The Labute approximate surface area is 163 Å². The second kappa shape index (κ2) is 9.97. The number of hydrogen-bond donors (Lipinski definition) is 0. The van der Waals surface area contributed by atoms with E-state index in [1.54, 1.807) is 4.90 Å². The minimum Gasteiger partial charge on any atom is -0.455 e. The number of ether oxygens (including phenoxy) is 1. The number of nitriles is 1. The van der Waals surface area contributed by atoms with Crippen LogP contribution in [0.5, 0.6) is 0 Å². The molecule has 1 aliphatic heterocycles. The van der Waals surface area contributed by atoms with Gasteiger partial charge in [0.2, 0.25) is 0 Å². The van der Waals surface area contributed by atoms with E-state index in [0.29, 0.717) is 18.8 Å². The number of thioether (sulfide) groups is 1. The maximum absolute atomic E-state index is 12.6. The van der Waals surface area contributed by atoms with Gasteiger partial charge in [-0.15, -0.1) is 0 Å². The molecule has 0 spiro atoms. The van der Waals surface area contributed by atoms with Crippen molar-refractivity contribution in [3.05, 3.63) is 29.3 Å². The summed E-state index contributed by atoms with van der Waals surface area (Å²) in [6, 6.07) is 7.75. The van der Waals surface area contributed by atoms with Crippen molar-refractivity contribution in [3.8, 4) is 6.07 Å². The van der Waals surface area contributed by atoms with Crippen LogP contribution in [0.15, 0.2) is 18.2 Å². The zero-order valence-electron chi connectivity index (χ0n) is 15.6. The van der Waals surface area contributed by atoms with E-state index in [-0.39, 0.29) is 37.1 Å². The number of benzene rings is 1. The van der Waals surface area contributed by atoms with E-state index in [1.165, 1.54) is 16.7 Å². The van der Waals surface area contributed by atoms with Gasteiger partial charge in [-0.3, -0.25) is 14.4 Å². The molecule has 1 aromatic rings. The molecule has 2 rings (SSSR count). The Morgan fingerprint density at radius 1 is 1.30 bits per heavy atom. The topological polar surface area (TPSA) is 90.7 Å². The zero-order valence-corrected chi connectivity index (χ0v) is 16.4. The molecule has 0 saturated carbocycles. The molecule has 8 heteroatoms. The maximum Gasteiger partial charge on any atom is 0.308 e. The smallest absolute Gasteiger partial charge is 0.308 e. The van der Waals surface area contributed by atoms with Gasteiger partial charge < -0.3 is 14.5 Å². The second-order valence-corrected chi connectivity index (χ2v) is 7.36. The summed E-state index contributed by atoms with van der Waals surface area (Å²) in [6.45, 7) is 4.64. The van der Waals surface area contributed by atoms with Gasteiger partial charge in [-0.1, -0.05) is 17.8 Å². The molecule has 0 atom stereocenters. The number of hydrogen-bond acceptors (Lipinski definition) is 6. The molecular weight excluding hydrogens is 366 g/mol. The third-order valence-corrected chi connectivity index (χ3v) is 4.95. The summed E-state index contributed by atoms with van der Waals surface area (Å²) in [5, 5.41) is 8.83. The molecule has 0 radical (unpaired) electrons. The van der Waals surface area contributed by atoms with Gasteiger partial charge in [0, 0.05) is 31.1 Å². The minimum absolute atomic E-state index is 0.0311. The Hall–Kier alpha value is -2.53. The van der Waals surface area contributed by atoms with Crippen LogP contribution in [0, 0.1) is 25.2 Å². The lowest BCUT2D eigenvalue weighted by atomic mass is 10.1. The predicted molar refractivity (Wildman–Crippen MR) is 104 cm³/mol. The van der Waals surface area contributed by atoms with Gasteiger partial charge in [0.25, 0.3) is 11.1 Å². The fraction of sp³-hybridized carbons (Fsp3) is 0.474. The molecular formula is C19H23N3O4S. The van der Waals surface area contributed by atoms with E-state index < -0.39 is 5.97 Å². The van der Waals surface area contributed by atoms with E-state index in [0.717, 1.165) is 16.9 Å². The Kier molecular flexibility index (Phi) is 7.67. The van der Waals surface area contributed by atoms with Crippen molar-refractivity contribution in [3.63, 3.8) is 0 Å². The van der Waals surface area contributed by atoms with Crippen molar-refractivity contribution in [2.45, 2.75) is 26.7 Å². The molecule has 0 aromatic heterocycles. The van der Waals surface area contributed by atoms with Crippen LogP contribution in [-0.2, 0) is 14.3 Å². The third-order valence-electron chi connectivity index (χ3n) is 4.05. The van der Waals surface area contributed by atoms with Crippen LogP contribution in [-0.4, -0.2) is 54.0 Å². The fourth-order valence-electron chi connectivity index (χ4n) is 2.81. The van der Waals surface area contributed by atoms with E-state index in [9.17, 15) is 14.4 Å². The number of carbonyl (C=O) groups excluding carboxylic acids is 3. The van der Waals surface area contributed by atoms with Crippen LogP contribution in [0.3, 0.4) is 0 Å². The Morgan fingerprint density at radius 2 is 2.00 bits per heavy atom. The summed E-state index contributed by atoms with van der Waals surface area (Å²) in [5.74, 6) is -0.166. The van der Waals surface area contributed by atoms with E-state index >= 15 is 0 Å². The predicted octanol–water partition coefficient (Wildman–Crippen LogP) is 2.65. The minimum atomic E-state index is -0.520. The van der Waals surface area contributed by atoms with Crippen molar-refractivity contribution in [2.24, 2.45) is 0 Å². The van der Waals surface area contributed by atoms with Crippen LogP contribution in [0.4, 0.5) is 10.5 Å². The van der Waals surface area contributed by atoms with Gasteiger partial charge in [0.05, 0.1) is 18.9 Å². The lowest BCUT2D eigenvalue weighted by Gasteiger charge is -2.23. The van der Waals surface area contributed by atoms with Crippen molar-refractivity contribution in [1.29, 1.82) is 5.26 Å². The molecule has 2 amide bonds. The molecule has 1 aliphatic rings. The van der Waals surface area contributed by atoms with E-state index in [1.807, 2.05) is 38.1 Å². The Balaban J connectivity index is 1.92. The molecule has 0 aliphatic carbocycles. The third kappa shape index (κ3) is 6.29. The normalized spacial score (nSPS) is 13.4. The molecule has 0 bridgehead atoms. The number of aryl methyl sites for hydroxylation is 2. The summed E-state index contributed by atoms with van der Waals surface area (Å²) in [7, 11) is 0. The quantitative estimate of drug-likeness (QED) is 0.635. The van der Waals surface area contributed by atoms with Gasteiger partial charge in [0.1, 0.15) is 0 Å². The monoisotopic (exact) mass is 389 g/mol. The molecule has 0 unspecified atom stereocenters. The van der Waals surface area contributed by atoms with Crippen LogP contribution in [0.1, 0.15) is 24.0 Å². The number of rotatable bonds is 8. The first kappa shape index (κ1) is 20.8. The highest BCUT2D eigenvalue weighted by Gasteiger charge is 2.22. The number of esters is 1. The largest absolute Gasteiger partial charge is 0.455 e. The number of nitrogens with zero attached hydrogens (tertiary/aromatic N) is 3. The second-order valence-electron chi connectivity index (χ2n) is 6.31.